The van der Waals surface area contributed by atoms with Crippen molar-refractivity contribution in [1.82, 2.24) is 30.0 Å². The van der Waals surface area contributed by atoms with Gasteiger partial charge < -0.3 is 10.2 Å². The van der Waals surface area contributed by atoms with Gasteiger partial charge in [0.05, 0.1) is 33.2 Å². The second-order valence-electron chi connectivity index (χ2n) is 7.06. The molecule has 1 amide bonds. The summed E-state index contributed by atoms with van der Waals surface area (Å²) >= 11 is 1.49. The van der Waals surface area contributed by atoms with Crippen LogP contribution in [0.5, 0.6) is 0 Å². The van der Waals surface area contributed by atoms with E-state index in [0.717, 1.165) is 34.4 Å². The molecule has 1 fully saturated rings. The van der Waals surface area contributed by atoms with E-state index in [1.807, 2.05) is 37.5 Å². The molecule has 0 saturated carbocycles. The lowest BCUT2D eigenvalue weighted by Gasteiger charge is -2.17. The van der Waals surface area contributed by atoms with Gasteiger partial charge in [-0.15, -0.1) is 11.3 Å². The van der Waals surface area contributed by atoms with Gasteiger partial charge in [0, 0.05) is 44.1 Å². The fourth-order valence-electron chi connectivity index (χ4n) is 3.60. The maximum absolute atomic E-state index is 12.8. The molecule has 0 radical (unpaired) electrons. The quantitative estimate of drug-likeness (QED) is 0.561. The van der Waals surface area contributed by atoms with Crippen LogP contribution in [0.2, 0.25) is 0 Å². The van der Waals surface area contributed by atoms with E-state index in [9.17, 15) is 4.79 Å². The molecule has 1 aromatic carbocycles. The fraction of sp³-hybridized carbons (Fsp3) is 0.250. The summed E-state index contributed by atoms with van der Waals surface area (Å²) in [6.45, 7) is 1.48. The average Bonchev–Trinajstić information content (AvgIpc) is 3.48. The minimum atomic E-state index is -0.0586. The van der Waals surface area contributed by atoms with Crippen LogP contribution in [0.3, 0.4) is 0 Å². The van der Waals surface area contributed by atoms with Crippen LogP contribution in [0.4, 0.5) is 5.95 Å². The summed E-state index contributed by atoms with van der Waals surface area (Å²) in [5.41, 5.74) is 5.10. The number of fused-ring (bicyclic) bond motifs is 1. The molecule has 1 aliphatic rings. The number of rotatable bonds is 4. The molecule has 0 aliphatic carbocycles. The Bertz CT molecular complexity index is 1180. The normalized spacial score (nSPS) is 16.4. The number of hydrogen-bond donors (Lipinski definition) is 1. The largest absolute Gasteiger partial charge is 0.347 e. The van der Waals surface area contributed by atoms with Gasteiger partial charge in [-0.2, -0.15) is 5.10 Å². The van der Waals surface area contributed by atoms with Crippen LogP contribution in [0.25, 0.3) is 21.5 Å². The van der Waals surface area contributed by atoms with Crippen LogP contribution in [0.1, 0.15) is 16.8 Å². The molecule has 9 heteroatoms. The molecule has 1 aliphatic heterocycles. The van der Waals surface area contributed by atoms with E-state index in [1.165, 1.54) is 11.3 Å². The van der Waals surface area contributed by atoms with Gasteiger partial charge in [0.2, 0.25) is 5.95 Å². The molecule has 1 atom stereocenters. The number of aromatic nitrogens is 5. The number of nitrogens with zero attached hydrogens (tertiary/aromatic N) is 6. The lowest BCUT2D eigenvalue weighted by Crippen LogP contribution is -2.37. The second kappa shape index (κ2) is 7.25. The number of thiazole rings is 1. The maximum Gasteiger partial charge on any atom is 0.253 e. The molecule has 0 bridgehead atoms. The molecule has 4 heterocycles. The first-order valence-corrected chi connectivity index (χ1v) is 10.3. The van der Waals surface area contributed by atoms with Crippen molar-refractivity contribution < 1.29 is 4.79 Å². The monoisotopic (exact) mass is 405 g/mol. The summed E-state index contributed by atoms with van der Waals surface area (Å²) in [6.07, 6.45) is 6.34. The molecule has 1 saturated heterocycles. The SMILES string of the molecule is Cn1cc(-c2ccnc(N3CCC(NC(=O)c4cccc5ncsc45)C3)n2)cn1. The first kappa shape index (κ1) is 17.7. The van der Waals surface area contributed by atoms with Crippen LogP contribution >= 0.6 is 11.3 Å². The van der Waals surface area contributed by atoms with E-state index in [0.29, 0.717) is 18.1 Å². The highest BCUT2D eigenvalue weighted by molar-refractivity contribution is 7.17. The number of carbonyl (C=O) groups is 1. The van der Waals surface area contributed by atoms with Gasteiger partial charge in [-0.1, -0.05) is 6.07 Å². The summed E-state index contributed by atoms with van der Waals surface area (Å²) in [6, 6.07) is 7.58. The lowest BCUT2D eigenvalue weighted by atomic mass is 10.1. The van der Waals surface area contributed by atoms with Gasteiger partial charge in [0.15, 0.2) is 0 Å². The number of aryl methyl sites for hydroxylation is 1. The lowest BCUT2D eigenvalue weighted by molar-refractivity contribution is 0.0942. The highest BCUT2D eigenvalue weighted by atomic mass is 32.1. The summed E-state index contributed by atoms with van der Waals surface area (Å²) in [7, 11) is 1.88. The van der Waals surface area contributed by atoms with E-state index in [1.54, 1.807) is 22.6 Å². The van der Waals surface area contributed by atoms with Crippen LogP contribution < -0.4 is 10.2 Å². The highest BCUT2D eigenvalue weighted by Crippen LogP contribution is 2.24. The molecule has 8 nitrogen and oxygen atoms in total. The van der Waals surface area contributed by atoms with Crippen molar-refractivity contribution in [2.75, 3.05) is 18.0 Å². The van der Waals surface area contributed by atoms with Gasteiger partial charge in [-0.25, -0.2) is 15.0 Å². The summed E-state index contributed by atoms with van der Waals surface area (Å²) in [4.78, 5) is 28.3. The minimum Gasteiger partial charge on any atom is -0.347 e. The van der Waals surface area contributed by atoms with E-state index in [2.05, 4.69) is 30.3 Å². The molecule has 5 rings (SSSR count). The Balaban J connectivity index is 1.29. The van der Waals surface area contributed by atoms with Crippen LogP contribution in [-0.2, 0) is 7.05 Å². The number of anilines is 1. The number of carbonyl (C=O) groups excluding carboxylic acids is 1. The summed E-state index contributed by atoms with van der Waals surface area (Å²) in [5.74, 6) is 0.615. The third kappa shape index (κ3) is 3.44. The molecule has 3 aromatic heterocycles. The Morgan fingerprint density at radius 2 is 2.21 bits per heavy atom. The number of amides is 1. The summed E-state index contributed by atoms with van der Waals surface area (Å²) in [5, 5.41) is 7.36. The Kier molecular flexibility index (Phi) is 4.44. The van der Waals surface area contributed by atoms with Crippen molar-refractivity contribution >= 4 is 33.4 Å². The Labute approximate surface area is 171 Å². The van der Waals surface area contributed by atoms with Crippen molar-refractivity contribution in [3.05, 3.63) is 53.9 Å². The zero-order valence-corrected chi connectivity index (χ0v) is 16.6. The second-order valence-corrected chi connectivity index (χ2v) is 7.91. The van der Waals surface area contributed by atoms with Gasteiger partial charge in [-0.3, -0.25) is 9.48 Å². The zero-order chi connectivity index (χ0) is 19.8. The highest BCUT2D eigenvalue weighted by Gasteiger charge is 2.26. The van der Waals surface area contributed by atoms with Crippen molar-refractivity contribution in [2.24, 2.45) is 7.05 Å². The molecule has 4 aromatic rings. The predicted octanol–water partition coefficient (Wildman–Crippen LogP) is 2.50. The first-order valence-electron chi connectivity index (χ1n) is 9.37. The summed E-state index contributed by atoms with van der Waals surface area (Å²) < 4.78 is 2.68. The molecular weight excluding hydrogens is 386 g/mol. The Morgan fingerprint density at radius 3 is 3.07 bits per heavy atom. The number of hydrogen-bond acceptors (Lipinski definition) is 7. The molecule has 1 N–H and O–H groups in total. The van der Waals surface area contributed by atoms with Crippen molar-refractivity contribution in [3.63, 3.8) is 0 Å². The fourth-order valence-corrected chi connectivity index (χ4v) is 4.40. The van der Waals surface area contributed by atoms with E-state index >= 15 is 0 Å². The third-order valence-electron chi connectivity index (χ3n) is 5.05. The molecule has 0 spiro atoms. The third-order valence-corrected chi connectivity index (χ3v) is 5.93. The topological polar surface area (TPSA) is 88.8 Å². The van der Waals surface area contributed by atoms with Gasteiger partial charge >= 0.3 is 0 Å². The molecular formula is C20H19N7OS. The Hall–Kier alpha value is -3.33. The van der Waals surface area contributed by atoms with Crippen LogP contribution in [-0.4, -0.2) is 49.8 Å². The van der Waals surface area contributed by atoms with E-state index in [-0.39, 0.29) is 11.9 Å². The van der Waals surface area contributed by atoms with Crippen LogP contribution in [0.15, 0.2) is 48.4 Å². The van der Waals surface area contributed by atoms with Crippen molar-refractivity contribution in [3.8, 4) is 11.3 Å². The first-order chi connectivity index (χ1) is 14.2. The van der Waals surface area contributed by atoms with Crippen molar-refractivity contribution in [2.45, 2.75) is 12.5 Å². The number of benzene rings is 1. The molecule has 1 unspecified atom stereocenters. The maximum atomic E-state index is 12.8. The molecule has 29 heavy (non-hydrogen) atoms. The molecule has 146 valence electrons. The minimum absolute atomic E-state index is 0.0522. The smallest absolute Gasteiger partial charge is 0.253 e. The number of nitrogens with one attached hydrogen (secondary N) is 1. The van der Waals surface area contributed by atoms with Crippen LogP contribution in [0, 0.1) is 0 Å². The Morgan fingerprint density at radius 1 is 1.28 bits per heavy atom. The zero-order valence-electron chi connectivity index (χ0n) is 15.8. The van der Waals surface area contributed by atoms with Crippen molar-refractivity contribution in [1.29, 1.82) is 0 Å². The van der Waals surface area contributed by atoms with E-state index < -0.39 is 0 Å². The van der Waals surface area contributed by atoms with E-state index in [4.69, 9.17) is 0 Å². The van der Waals surface area contributed by atoms with Gasteiger partial charge in [-0.05, 0) is 24.6 Å². The predicted molar refractivity (Wildman–Crippen MR) is 112 cm³/mol. The average molecular weight is 405 g/mol. The van der Waals surface area contributed by atoms with Gasteiger partial charge in [0.25, 0.3) is 5.91 Å². The van der Waals surface area contributed by atoms with Gasteiger partial charge in [0.1, 0.15) is 0 Å². The standard InChI is InChI=1S/C20H19N7OS/c1-26-10-13(9-23-26)16-5-7-21-20(25-16)27-8-6-14(11-27)24-19(28)15-3-2-4-17-18(15)29-12-22-17/h2-5,7,9-10,12,14H,6,8,11H2,1H3,(H,24,28).